The summed E-state index contributed by atoms with van der Waals surface area (Å²) < 4.78 is 23.3. The number of aryl methyl sites for hydroxylation is 1. The summed E-state index contributed by atoms with van der Waals surface area (Å²) in [5, 5.41) is 2.88. The number of aromatic nitrogens is 2. The molecule has 2 unspecified atom stereocenters. The van der Waals surface area contributed by atoms with Gasteiger partial charge in [0.2, 0.25) is 5.95 Å². The lowest BCUT2D eigenvalue weighted by Gasteiger charge is -2.24. The van der Waals surface area contributed by atoms with Crippen molar-refractivity contribution in [1.29, 1.82) is 0 Å². The molecular formula is C15H24N4O3S. The van der Waals surface area contributed by atoms with Crippen LogP contribution in [0, 0.1) is 6.92 Å². The minimum absolute atomic E-state index is 0.0685. The second-order valence-corrected chi connectivity index (χ2v) is 8.37. The van der Waals surface area contributed by atoms with Gasteiger partial charge in [0.25, 0.3) is 5.91 Å². The second-order valence-electron chi connectivity index (χ2n) is 6.15. The maximum absolute atomic E-state index is 12.2. The number of hydrogen-bond donors (Lipinski definition) is 1. The van der Waals surface area contributed by atoms with E-state index in [1.54, 1.807) is 24.9 Å². The number of hydrogen-bond acceptors (Lipinski definition) is 6. The molecule has 23 heavy (non-hydrogen) atoms. The van der Waals surface area contributed by atoms with Gasteiger partial charge in [0.1, 0.15) is 5.69 Å². The predicted molar refractivity (Wildman–Crippen MR) is 89.5 cm³/mol. The summed E-state index contributed by atoms with van der Waals surface area (Å²) in [5.41, 5.74) is 0.984. The van der Waals surface area contributed by atoms with Crippen molar-refractivity contribution in [2.45, 2.75) is 45.7 Å². The smallest absolute Gasteiger partial charge is 0.270 e. The lowest BCUT2D eigenvalue weighted by Crippen LogP contribution is -2.36. The van der Waals surface area contributed by atoms with Crippen molar-refractivity contribution in [1.82, 2.24) is 15.3 Å². The van der Waals surface area contributed by atoms with Gasteiger partial charge in [-0.15, -0.1) is 0 Å². The third-order valence-corrected chi connectivity index (χ3v) is 5.89. The summed E-state index contributed by atoms with van der Waals surface area (Å²) in [6, 6.07) is 1.56. The van der Waals surface area contributed by atoms with E-state index >= 15 is 0 Å². The monoisotopic (exact) mass is 340 g/mol. The molecular weight excluding hydrogens is 316 g/mol. The number of amides is 1. The third kappa shape index (κ3) is 4.40. The Morgan fingerprint density at radius 1 is 1.48 bits per heavy atom. The minimum atomic E-state index is -2.98. The fraction of sp³-hybridized carbons (Fsp3) is 0.667. The van der Waals surface area contributed by atoms with Gasteiger partial charge in [-0.2, -0.15) is 0 Å². The topological polar surface area (TPSA) is 92.3 Å². The Bertz CT molecular complexity index is 690. The maximum atomic E-state index is 12.2. The normalized spacial score (nSPS) is 21.0. The van der Waals surface area contributed by atoms with E-state index in [-0.39, 0.29) is 29.5 Å². The van der Waals surface area contributed by atoms with Gasteiger partial charge >= 0.3 is 0 Å². The Labute approximate surface area is 137 Å². The van der Waals surface area contributed by atoms with Gasteiger partial charge in [0, 0.05) is 24.8 Å². The third-order valence-electron chi connectivity index (χ3n) is 4.14. The molecule has 1 aliphatic heterocycles. The fourth-order valence-corrected chi connectivity index (χ4v) is 4.25. The van der Waals surface area contributed by atoms with Crippen molar-refractivity contribution in [3.63, 3.8) is 0 Å². The Morgan fingerprint density at radius 2 is 2.17 bits per heavy atom. The number of nitrogens with zero attached hydrogens (tertiary/aromatic N) is 3. The molecule has 1 fully saturated rings. The molecule has 2 rings (SSSR count). The van der Waals surface area contributed by atoms with Crippen LogP contribution in [0.4, 0.5) is 5.95 Å². The molecule has 0 aliphatic carbocycles. The largest absolute Gasteiger partial charge is 0.348 e. The van der Waals surface area contributed by atoms with Gasteiger partial charge in [0.15, 0.2) is 9.84 Å². The SMILES string of the molecule is CCC(C)NC(=O)c1cc(C)nc(N(C)C2CCS(=O)(=O)C2)n1. The van der Waals surface area contributed by atoms with Crippen LogP contribution < -0.4 is 10.2 Å². The molecule has 7 nitrogen and oxygen atoms in total. The highest BCUT2D eigenvalue weighted by Gasteiger charge is 2.32. The Balaban J connectivity index is 2.21. The summed E-state index contributed by atoms with van der Waals surface area (Å²) in [6.07, 6.45) is 1.40. The van der Waals surface area contributed by atoms with E-state index < -0.39 is 9.84 Å². The quantitative estimate of drug-likeness (QED) is 0.857. The van der Waals surface area contributed by atoms with Crippen molar-refractivity contribution in [2.24, 2.45) is 0 Å². The van der Waals surface area contributed by atoms with Crippen LogP contribution in [-0.4, -0.2) is 54.9 Å². The molecule has 8 heteroatoms. The van der Waals surface area contributed by atoms with Crippen molar-refractivity contribution >= 4 is 21.7 Å². The molecule has 1 amide bonds. The van der Waals surface area contributed by atoms with Crippen LogP contribution in [-0.2, 0) is 9.84 Å². The zero-order chi connectivity index (χ0) is 17.2. The average Bonchev–Trinajstić information content (AvgIpc) is 2.85. The molecule has 1 aromatic rings. The summed E-state index contributed by atoms with van der Waals surface area (Å²) in [7, 11) is -1.21. The van der Waals surface area contributed by atoms with E-state index in [4.69, 9.17) is 0 Å². The molecule has 0 radical (unpaired) electrons. The van der Waals surface area contributed by atoms with Gasteiger partial charge in [-0.3, -0.25) is 4.79 Å². The molecule has 1 aliphatic rings. The second kappa shape index (κ2) is 6.82. The first-order chi connectivity index (χ1) is 10.7. The first-order valence-electron chi connectivity index (χ1n) is 7.81. The van der Waals surface area contributed by atoms with Gasteiger partial charge in [-0.1, -0.05) is 6.92 Å². The molecule has 2 atom stereocenters. The van der Waals surface area contributed by atoms with Crippen LogP contribution in [0.3, 0.4) is 0 Å². The van der Waals surface area contributed by atoms with E-state index in [0.29, 0.717) is 23.8 Å². The summed E-state index contributed by atoms with van der Waals surface area (Å²) in [6.45, 7) is 5.72. The van der Waals surface area contributed by atoms with E-state index in [2.05, 4.69) is 15.3 Å². The molecule has 1 aromatic heterocycles. The van der Waals surface area contributed by atoms with Crippen LogP contribution in [0.1, 0.15) is 42.9 Å². The van der Waals surface area contributed by atoms with Crippen LogP contribution in [0.2, 0.25) is 0 Å². The predicted octanol–water partition coefficient (Wildman–Crippen LogP) is 0.937. The summed E-state index contributed by atoms with van der Waals surface area (Å²) in [4.78, 5) is 22.7. The van der Waals surface area contributed by atoms with Gasteiger partial charge in [0.05, 0.1) is 11.5 Å². The fourth-order valence-electron chi connectivity index (χ4n) is 2.47. The molecule has 2 heterocycles. The van der Waals surface area contributed by atoms with Crippen molar-refractivity contribution in [3.05, 3.63) is 17.5 Å². The van der Waals surface area contributed by atoms with Gasteiger partial charge in [-0.25, -0.2) is 18.4 Å². The number of carbonyl (C=O) groups is 1. The zero-order valence-corrected chi connectivity index (χ0v) is 14.9. The van der Waals surface area contributed by atoms with Crippen molar-refractivity contribution in [2.75, 3.05) is 23.5 Å². The molecule has 1 N–H and O–H groups in total. The maximum Gasteiger partial charge on any atom is 0.270 e. The lowest BCUT2D eigenvalue weighted by molar-refractivity contribution is 0.0934. The van der Waals surface area contributed by atoms with Crippen LogP contribution in [0.5, 0.6) is 0 Å². The first kappa shape index (κ1) is 17.7. The Kier molecular flexibility index (Phi) is 5.23. The standard InChI is InChI=1S/C15H24N4O3S/c1-5-10(2)16-14(20)13-8-11(3)17-15(18-13)19(4)12-6-7-23(21,22)9-12/h8,10,12H,5-7,9H2,1-4H3,(H,16,20). The van der Waals surface area contributed by atoms with Crippen LogP contribution in [0.25, 0.3) is 0 Å². The molecule has 1 saturated heterocycles. The van der Waals surface area contributed by atoms with Crippen molar-refractivity contribution < 1.29 is 13.2 Å². The molecule has 0 bridgehead atoms. The minimum Gasteiger partial charge on any atom is -0.348 e. The Hall–Kier alpha value is -1.70. The highest BCUT2D eigenvalue weighted by atomic mass is 32.2. The van der Waals surface area contributed by atoms with E-state index in [1.165, 1.54) is 0 Å². The highest BCUT2D eigenvalue weighted by Crippen LogP contribution is 2.20. The first-order valence-corrected chi connectivity index (χ1v) is 9.63. The summed E-state index contributed by atoms with van der Waals surface area (Å²) in [5.74, 6) is 0.449. The van der Waals surface area contributed by atoms with E-state index in [9.17, 15) is 13.2 Å². The molecule has 0 saturated carbocycles. The van der Waals surface area contributed by atoms with E-state index in [1.807, 2.05) is 13.8 Å². The molecule has 128 valence electrons. The van der Waals surface area contributed by atoms with Crippen molar-refractivity contribution in [3.8, 4) is 0 Å². The highest BCUT2D eigenvalue weighted by molar-refractivity contribution is 7.91. The average molecular weight is 340 g/mol. The van der Waals surface area contributed by atoms with Gasteiger partial charge < -0.3 is 10.2 Å². The number of rotatable bonds is 5. The van der Waals surface area contributed by atoms with E-state index in [0.717, 1.165) is 6.42 Å². The molecule has 0 aromatic carbocycles. The number of anilines is 1. The number of sulfone groups is 1. The number of carbonyl (C=O) groups excluding carboxylic acids is 1. The van der Waals surface area contributed by atoms with Gasteiger partial charge in [-0.05, 0) is 32.8 Å². The van der Waals surface area contributed by atoms with Crippen LogP contribution in [0.15, 0.2) is 6.07 Å². The molecule has 0 spiro atoms. The van der Waals surface area contributed by atoms with Crippen LogP contribution >= 0.6 is 0 Å². The summed E-state index contributed by atoms with van der Waals surface area (Å²) >= 11 is 0. The Morgan fingerprint density at radius 3 is 2.74 bits per heavy atom. The number of nitrogens with one attached hydrogen (secondary N) is 1. The lowest BCUT2D eigenvalue weighted by atomic mass is 10.2. The zero-order valence-electron chi connectivity index (χ0n) is 14.0.